The number of rotatable bonds is 4. The minimum atomic E-state index is 0.171. The second kappa shape index (κ2) is 5.55. The lowest BCUT2D eigenvalue weighted by atomic mass is 9.86. The van der Waals surface area contributed by atoms with Gasteiger partial charge in [0.05, 0.1) is 6.33 Å². The lowest BCUT2D eigenvalue weighted by Crippen LogP contribution is -2.12. The monoisotopic (exact) mass is 285 g/mol. The van der Waals surface area contributed by atoms with Crippen LogP contribution in [0.25, 0.3) is 11.2 Å². The molecule has 0 fully saturated rings. The maximum Gasteiger partial charge on any atom is 0.245 e. The highest BCUT2D eigenvalue weighted by molar-refractivity contribution is 5.76. The molecular weight excluding hydrogens is 266 g/mol. The third kappa shape index (κ3) is 2.89. The number of nitrogens with one attached hydrogen (secondary N) is 1. The fourth-order valence-electron chi connectivity index (χ4n) is 2.56. The number of nitrogens with zero attached hydrogens (tertiary/aromatic N) is 3. The van der Waals surface area contributed by atoms with Gasteiger partial charge >= 0.3 is 0 Å². The summed E-state index contributed by atoms with van der Waals surface area (Å²) in [7, 11) is 0. The first-order valence-electron chi connectivity index (χ1n) is 7.06. The van der Waals surface area contributed by atoms with E-state index in [4.69, 9.17) is 10.5 Å². The highest BCUT2D eigenvalue weighted by atomic mass is 16.5. The highest BCUT2D eigenvalue weighted by Gasteiger charge is 2.16. The van der Waals surface area contributed by atoms with E-state index in [1.165, 1.54) is 11.1 Å². The quantitative estimate of drug-likeness (QED) is 0.843. The van der Waals surface area contributed by atoms with Crippen LogP contribution in [0.5, 0.6) is 5.88 Å². The van der Waals surface area contributed by atoms with Crippen LogP contribution in [-0.2, 0) is 0 Å². The Morgan fingerprint density at radius 3 is 3.10 bits per heavy atom. The van der Waals surface area contributed by atoms with Crippen molar-refractivity contribution in [1.29, 1.82) is 0 Å². The van der Waals surface area contributed by atoms with Gasteiger partial charge in [0, 0.05) is 0 Å². The van der Waals surface area contributed by atoms with Crippen molar-refractivity contribution >= 4 is 17.1 Å². The largest absolute Gasteiger partial charge is 0.471 e. The number of aromatic amines is 1. The van der Waals surface area contributed by atoms with Gasteiger partial charge in [-0.15, -0.1) is 0 Å². The molecule has 0 amide bonds. The highest BCUT2D eigenvalue weighted by Crippen LogP contribution is 2.29. The van der Waals surface area contributed by atoms with Crippen molar-refractivity contribution < 1.29 is 4.74 Å². The molecule has 21 heavy (non-hydrogen) atoms. The van der Waals surface area contributed by atoms with Crippen LogP contribution in [0.15, 0.2) is 30.1 Å². The standard InChI is InChI=1S/C15H19N5O/c1-9(2)11-5-3-10(4-6-11)7-21-14-12-13(18-8-17-12)19-15(16)20-14/h3,8,11H,1,4-7H2,2H3,(H3,16,17,18,19,20)/t11-/m1/s1. The van der Waals surface area contributed by atoms with Gasteiger partial charge in [-0.25, -0.2) is 4.98 Å². The third-order valence-electron chi connectivity index (χ3n) is 3.87. The molecule has 6 nitrogen and oxygen atoms in total. The molecule has 1 aliphatic carbocycles. The molecule has 0 spiro atoms. The molecule has 110 valence electrons. The number of hydrogen-bond acceptors (Lipinski definition) is 5. The summed E-state index contributed by atoms with van der Waals surface area (Å²) in [6.07, 6.45) is 7.01. The van der Waals surface area contributed by atoms with Crippen LogP contribution in [0.3, 0.4) is 0 Å². The number of anilines is 1. The number of nitrogen functional groups attached to an aromatic ring is 1. The maximum atomic E-state index is 5.80. The minimum absolute atomic E-state index is 0.171. The van der Waals surface area contributed by atoms with Gasteiger partial charge in [0.25, 0.3) is 0 Å². The fourth-order valence-corrected chi connectivity index (χ4v) is 2.56. The first-order valence-corrected chi connectivity index (χ1v) is 7.06. The Morgan fingerprint density at radius 1 is 1.52 bits per heavy atom. The van der Waals surface area contributed by atoms with Crippen LogP contribution < -0.4 is 10.5 Å². The van der Waals surface area contributed by atoms with E-state index >= 15 is 0 Å². The van der Waals surface area contributed by atoms with Crippen LogP contribution in [0.1, 0.15) is 26.2 Å². The number of H-pyrrole nitrogens is 1. The van der Waals surface area contributed by atoms with Crippen LogP contribution in [0, 0.1) is 5.92 Å². The molecule has 0 aliphatic heterocycles. The van der Waals surface area contributed by atoms with Crippen molar-refractivity contribution in [3.8, 4) is 5.88 Å². The number of fused-ring (bicyclic) bond motifs is 1. The molecule has 3 rings (SSSR count). The van der Waals surface area contributed by atoms with Gasteiger partial charge in [0.2, 0.25) is 11.8 Å². The van der Waals surface area contributed by atoms with E-state index in [0.717, 1.165) is 19.3 Å². The molecule has 0 saturated heterocycles. The van der Waals surface area contributed by atoms with Crippen LogP contribution >= 0.6 is 0 Å². The lowest BCUT2D eigenvalue weighted by molar-refractivity contribution is 0.330. The summed E-state index contributed by atoms with van der Waals surface area (Å²) in [5.41, 5.74) is 9.42. The van der Waals surface area contributed by atoms with Gasteiger partial charge in [0.1, 0.15) is 12.1 Å². The zero-order valence-electron chi connectivity index (χ0n) is 12.1. The predicted octanol–water partition coefficient (Wildman–Crippen LogP) is 2.62. The Kier molecular flexibility index (Phi) is 3.60. The Balaban J connectivity index is 1.70. The average Bonchev–Trinajstić information content (AvgIpc) is 2.93. The molecule has 0 saturated carbocycles. The first kappa shape index (κ1) is 13.6. The van der Waals surface area contributed by atoms with Gasteiger partial charge in [-0.1, -0.05) is 18.2 Å². The minimum Gasteiger partial charge on any atom is -0.471 e. The number of hydrogen-bond donors (Lipinski definition) is 2. The van der Waals surface area contributed by atoms with E-state index in [1.807, 2.05) is 0 Å². The molecule has 0 radical (unpaired) electrons. The van der Waals surface area contributed by atoms with E-state index in [0.29, 0.717) is 29.6 Å². The Labute approximate surface area is 123 Å². The second-order valence-electron chi connectivity index (χ2n) is 5.46. The van der Waals surface area contributed by atoms with Crippen LogP contribution in [-0.4, -0.2) is 26.5 Å². The Hall–Kier alpha value is -2.37. The van der Waals surface area contributed by atoms with E-state index in [-0.39, 0.29) is 5.95 Å². The number of allylic oxidation sites excluding steroid dienone is 2. The van der Waals surface area contributed by atoms with Crippen molar-refractivity contribution in [2.75, 3.05) is 12.3 Å². The van der Waals surface area contributed by atoms with E-state index in [1.54, 1.807) is 6.33 Å². The molecule has 3 N–H and O–H groups in total. The lowest BCUT2D eigenvalue weighted by Gasteiger charge is -2.22. The smallest absolute Gasteiger partial charge is 0.245 e. The number of nitrogens with two attached hydrogens (primary N) is 1. The van der Waals surface area contributed by atoms with Crippen LogP contribution in [0.4, 0.5) is 5.95 Å². The summed E-state index contributed by atoms with van der Waals surface area (Å²) >= 11 is 0. The summed E-state index contributed by atoms with van der Waals surface area (Å²) in [5.74, 6) is 1.23. The summed E-state index contributed by atoms with van der Waals surface area (Å²) in [4.78, 5) is 15.2. The molecule has 2 aromatic heterocycles. The summed E-state index contributed by atoms with van der Waals surface area (Å²) in [6, 6.07) is 0. The van der Waals surface area contributed by atoms with E-state index < -0.39 is 0 Å². The second-order valence-corrected chi connectivity index (χ2v) is 5.46. The zero-order chi connectivity index (χ0) is 14.8. The molecule has 0 aromatic carbocycles. The molecule has 2 heterocycles. The predicted molar refractivity (Wildman–Crippen MR) is 81.8 cm³/mol. The van der Waals surface area contributed by atoms with E-state index in [2.05, 4.69) is 39.5 Å². The number of imidazole rings is 1. The van der Waals surface area contributed by atoms with Crippen molar-refractivity contribution in [3.63, 3.8) is 0 Å². The average molecular weight is 285 g/mol. The summed E-state index contributed by atoms with van der Waals surface area (Å²) in [5, 5.41) is 0. The molecule has 1 aliphatic rings. The number of aromatic nitrogens is 4. The SMILES string of the molecule is C=C(C)[C@@H]1CC=C(COc2nc(N)nc3nc[nH]c23)CC1. The van der Waals surface area contributed by atoms with Gasteiger partial charge in [-0.2, -0.15) is 9.97 Å². The zero-order valence-corrected chi connectivity index (χ0v) is 12.1. The molecule has 6 heteroatoms. The summed E-state index contributed by atoms with van der Waals surface area (Å²) < 4.78 is 5.80. The van der Waals surface area contributed by atoms with Crippen molar-refractivity contribution in [2.45, 2.75) is 26.2 Å². The Morgan fingerprint density at radius 2 is 2.38 bits per heavy atom. The molecule has 1 atom stereocenters. The first-order chi connectivity index (χ1) is 10.1. The van der Waals surface area contributed by atoms with Crippen molar-refractivity contribution in [3.05, 3.63) is 30.1 Å². The Bertz CT molecular complexity index is 703. The number of ether oxygens (including phenoxy) is 1. The normalized spacial score (nSPS) is 18.5. The third-order valence-corrected chi connectivity index (χ3v) is 3.87. The van der Waals surface area contributed by atoms with Crippen LogP contribution in [0.2, 0.25) is 0 Å². The van der Waals surface area contributed by atoms with E-state index in [9.17, 15) is 0 Å². The molecule has 0 bridgehead atoms. The molecule has 0 unspecified atom stereocenters. The molecule has 2 aromatic rings. The van der Waals surface area contributed by atoms with Gasteiger partial charge in [0.15, 0.2) is 5.65 Å². The maximum absolute atomic E-state index is 5.80. The fraction of sp³-hybridized carbons (Fsp3) is 0.400. The van der Waals surface area contributed by atoms with Gasteiger partial charge in [-0.3, -0.25) is 0 Å². The van der Waals surface area contributed by atoms with Gasteiger partial charge < -0.3 is 15.5 Å². The summed E-state index contributed by atoms with van der Waals surface area (Å²) in [6.45, 7) is 6.65. The topological polar surface area (TPSA) is 89.7 Å². The van der Waals surface area contributed by atoms with Crippen molar-refractivity contribution in [2.24, 2.45) is 5.92 Å². The van der Waals surface area contributed by atoms with Gasteiger partial charge in [-0.05, 0) is 37.7 Å². The molecular formula is C15H19N5O. The van der Waals surface area contributed by atoms with Crippen molar-refractivity contribution in [1.82, 2.24) is 19.9 Å².